The summed E-state index contributed by atoms with van der Waals surface area (Å²) >= 11 is 0. The van der Waals surface area contributed by atoms with Crippen molar-refractivity contribution < 1.29 is 14.0 Å². The van der Waals surface area contributed by atoms with Crippen LogP contribution in [0.1, 0.15) is 43.0 Å². The van der Waals surface area contributed by atoms with Crippen molar-refractivity contribution in [3.05, 3.63) is 60.0 Å². The van der Waals surface area contributed by atoms with Crippen molar-refractivity contribution in [1.29, 1.82) is 0 Å². The Kier molecular flexibility index (Phi) is 6.10. The summed E-state index contributed by atoms with van der Waals surface area (Å²) in [6.45, 7) is 1.96. The average molecular weight is 393 g/mol. The molecule has 1 fully saturated rings. The maximum absolute atomic E-state index is 5.73. The van der Waals surface area contributed by atoms with Gasteiger partial charge in [0.05, 0.1) is 20.3 Å². The lowest BCUT2D eigenvalue weighted by atomic mass is 10.0. The predicted octanol–water partition coefficient (Wildman–Crippen LogP) is 4.87. The molecule has 0 radical (unpaired) electrons. The number of methoxy groups -OCH3 is 2. The second kappa shape index (κ2) is 9.09. The minimum Gasteiger partial charge on any atom is -0.493 e. The molecule has 1 aliphatic heterocycles. The molecule has 1 saturated heterocycles. The number of ether oxygens (including phenoxy) is 2. The van der Waals surface area contributed by atoms with E-state index in [1.165, 1.54) is 24.8 Å². The van der Waals surface area contributed by atoms with Crippen LogP contribution < -0.4 is 9.47 Å². The van der Waals surface area contributed by atoms with E-state index in [1.54, 1.807) is 14.2 Å². The molecule has 0 saturated carbocycles. The highest BCUT2D eigenvalue weighted by Crippen LogP contribution is 2.36. The average Bonchev–Trinajstić information content (AvgIpc) is 3.14. The van der Waals surface area contributed by atoms with Gasteiger partial charge in [-0.25, -0.2) is 0 Å². The van der Waals surface area contributed by atoms with Gasteiger partial charge in [0.15, 0.2) is 17.3 Å². The normalized spacial score (nSPS) is 17.7. The Morgan fingerprint density at radius 1 is 1.00 bits per heavy atom. The molecule has 0 bridgehead atoms. The molecule has 0 spiro atoms. The fourth-order valence-electron chi connectivity index (χ4n) is 3.99. The van der Waals surface area contributed by atoms with Gasteiger partial charge in [-0.3, -0.25) is 9.88 Å². The molecule has 0 unspecified atom stereocenters. The molecule has 3 aromatic rings. The zero-order chi connectivity index (χ0) is 20.1. The fourth-order valence-corrected chi connectivity index (χ4v) is 3.99. The van der Waals surface area contributed by atoms with Gasteiger partial charge >= 0.3 is 0 Å². The van der Waals surface area contributed by atoms with Gasteiger partial charge in [-0.05, 0) is 55.3 Å². The number of likely N-dealkylation sites (tertiary alicyclic amines) is 1. The molecule has 4 rings (SSSR count). The van der Waals surface area contributed by atoms with Crippen molar-refractivity contribution in [1.82, 2.24) is 15.0 Å². The van der Waals surface area contributed by atoms with Gasteiger partial charge in [-0.2, -0.15) is 0 Å². The summed E-state index contributed by atoms with van der Waals surface area (Å²) in [7, 11) is 3.27. The van der Waals surface area contributed by atoms with Gasteiger partial charge in [0.25, 0.3) is 0 Å². The van der Waals surface area contributed by atoms with E-state index in [-0.39, 0.29) is 6.04 Å². The van der Waals surface area contributed by atoms with Crippen LogP contribution in [0.4, 0.5) is 0 Å². The Morgan fingerprint density at radius 3 is 2.62 bits per heavy atom. The van der Waals surface area contributed by atoms with Crippen LogP contribution >= 0.6 is 0 Å². The summed E-state index contributed by atoms with van der Waals surface area (Å²) in [5.41, 5.74) is 3.19. The van der Waals surface area contributed by atoms with Crippen LogP contribution in [0.2, 0.25) is 0 Å². The highest BCUT2D eigenvalue weighted by Gasteiger charge is 2.26. The highest BCUT2D eigenvalue weighted by molar-refractivity contribution is 5.62. The third-order valence-corrected chi connectivity index (χ3v) is 5.54. The number of pyridine rings is 1. The van der Waals surface area contributed by atoms with E-state index in [0.29, 0.717) is 11.5 Å². The van der Waals surface area contributed by atoms with E-state index >= 15 is 0 Å². The molecule has 6 heteroatoms. The number of rotatable bonds is 6. The molecule has 0 aliphatic carbocycles. The third kappa shape index (κ3) is 4.43. The zero-order valence-electron chi connectivity index (χ0n) is 17.0. The van der Waals surface area contributed by atoms with E-state index in [1.807, 2.05) is 30.6 Å². The number of hydrogen-bond donors (Lipinski definition) is 0. The van der Waals surface area contributed by atoms with Crippen LogP contribution in [0.3, 0.4) is 0 Å². The molecule has 1 aromatic carbocycles. The quantitative estimate of drug-likeness (QED) is 0.595. The molecule has 152 valence electrons. The standard InChI is InChI=1S/C23H27N3O3/c1-27-21-8-7-18(14-23(21)28-2)22-15-19(25-29-22)20-6-4-3-5-13-26(20)16-17-9-11-24-12-10-17/h7-12,14-15,20H,3-6,13,16H2,1-2H3/t20-/m0/s1. The second-order valence-electron chi connectivity index (χ2n) is 7.38. The van der Waals surface area contributed by atoms with Crippen molar-refractivity contribution in [2.24, 2.45) is 0 Å². The Hall–Kier alpha value is -2.86. The van der Waals surface area contributed by atoms with Gasteiger partial charge in [-0.1, -0.05) is 18.0 Å². The van der Waals surface area contributed by atoms with Crippen LogP contribution in [0.5, 0.6) is 11.5 Å². The van der Waals surface area contributed by atoms with Crippen LogP contribution in [0.15, 0.2) is 53.3 Å². The van der Waals surface area contributed by atoms with Crippen molar-refractivity contribution >= 4 is 0 Å². The Bertz CT molecular complexity index is 926. The number of benzene rings is 1. The topological polar surface area (TPSA) is 60.6 Å². The van der Waals surface area contributed by atoms with Gasteiger partial charge in [-0.15, -0.1) is 0 Å². The summed E-state index contributed by atoms with van der Waals surface area (Å²) in [6.07, 6.45) is 8.46. The van der Waals surface area contributed by atoms with Crippen LogP contribution in [0.25, 0.3) is 11.3 Å². The molecule has 1 atom stereocenters. The van der Waals surface area contributed by atoms with Crippen LogP contribution in [-0.2, 0) is 6.54 Å². The van der Waals surface area contributed by atoms with E-state index in [0.717, 1.165) is 36.5 Å². The number of hydrogen-bond acceptors (Lipinski definition) is 6. The van der Waals surface area contributed by atoms with E-state index in [4.69, 9.17) is 14.0 Å². The first kappa shape index (κ1) is 19.5. The van der Waals surface area contributed by atoms with E-state index in [2.05, 4.69) is 33.2 Å². The Balaban J connectivity index is 1.59. The summed E-state index contributed by atoms with van der Waals surface area (Å²) in [6, 6.07) is 12.3. The number of nitrogens with zero attached hydrogens (tertiary/aromatic N) is 3. The van der Waals surface area contributed by atoms with Gasteiger partial charge < -0.3 is 14.0 Å². The van der Waals surface area contributed by atoms with Crippen molar-refractivity contribution in [2.75, 3.05) is 20.8 Å². The molecule has 3 heterocycles. The van der Waals surface area contributed by atoms with Crippen LogP contribution in [0, 0.1) is 0 Å². The maximum atomic E-state index is 5.73. The predicted molar refractivity (Wildman–Crippen MR) is 111 cm³/mol. The van der Waals surface area contributed by atoms with E-state index in [9.17, 15) is 0 Å². The lowest BCUT2D eigenvalue weighted by Crippen LogP contribution is -2.28. The highest BCUT2D eigenvalue weighted by atomic mass is 16.5. The lowest BCUT2D eigenvalue weighted by Gasteiger charge is -2.28. The molecule has 6 nitrogen and oxygen atoms in total. The zero-order valence-corrected chi connectivity index (χ0v) is 17.0. The van der Waals surface area contributed by atoms with Gasteiger partial charge in [0, 0.05) is 30.6 Å². The number of aromatic nitrogens is 2. The first-order chi connectivity index (χ1) is 14.3. The lowest BCUT2D eigenvalue weighted by molar-refractivity contribution is 0.184. The van der Waals surface area contributed by atoms with Crippen molar-refractivity contribution in [2.45, 2.75) is 38.3 Å². The molecule has 0 amide bonds. The molecule has 1 aliphatic rings. The smallest absolute Gasteiger partial charge is 0.167 e. The SMILES string of the molecule is COc1ccc(-c2cc([C@@H]3CCCCCN3Cc3ccncc3)no2)cc1OC. The van der Waals surface area contributed by atoms with Gasteiger partial charge in [0.1, 0.15) is 5.69 Å². The summed E-state index contributed by atoms with van der Waals surface area (Å²) in [4.78, 5) is 6.64. The third-order valence-electron chi connectivity index (χ3n) is 5.54. The minimum atomic E-state index is 0.253. The molecular formula is C23H27N3O3. The Morgan fingerprint density at radius 2 is 1.83 bits per heavy atom. The molecule has 0 N–H and O–H groups in total. The minimum absolute atomic E-state index is 0.253. The van der Waals surface area contributed by atoms with Crippen LogP contribution in [-0.4, -0.2) is 35.8 Å². The first-order valence-electron chi connectivity index (χ1n) is 10.1. The molecule has 29 heavy (non-hydrogen) atoms. The van der Waals surface area contributed by atoms with Crippen molar-refractivity contribution in [3.63, 3.8) is 0 Å². The monoisotopic (exact) mass is 393 g/mol. The Labute approximate surface area is 171 Å². The van der Waals surface area contributed by atoms with Gasteiger partial charge in [0.2, 0.25) is 0 Å². The summed E-state index contributed by atoms with van der Waals surface area (Å²) < 4.78 is 16.5. The first-order valence-corrected chi connectivity index (χ1v) is 10.1. The van der Waals surface area contributed by atoms with Crippen molar-refractivity contribution in [3.8, 4) is 22.8 Å². The summed E-state index contributed by atoms with van der Waals surface area (Å²) in [5, 5.41) is 4.45. The molecular weight excluding hydrogens is 366 g/mol. The maximum Gasteiger partial charge on any atom is 0.167 e. The second-order valence-corrected chi connectivity index (χ2v) is 7.38. The fraction of sp³-hybridized carbons (Fsp3) is 0.391. The summed E-state index contributed by atoms with van der Waals surface area (Å²) in [5.74, 6) is 2.12. The molecule has 2 aromatic heterocycles. The van der Waals surface area contributed by atoms with E-state index < -0.39 is 0 Å². The largest absolute Gasteiger partial charge is 0.493 e.